The lowest BCUT2D eigenvalue weighted by atomic mass is 9.94. The van der Waals surface area contributed by atoms with E-state index >= 15 is 0 Å². The average molecular weight is 234 g/mol. The van der Waals surface area contributed by atoms with Gasteiger partial charge in [-0.3, -0.25) is 4.79 Å². The Morgan fingerprint density at radius 1 is 1.53 bits per heavy atom. The molecule has 4 heteroatoms. The normalized spacial score (nSPS) is 11.0. The first-order valence-electron chi connectivity index (χ1n) is 5.59. The molecule has 0 spiro atoms. The number of amides is 1. The molecule has 0 aliphatic rings. The van der Waals surface area contributed by atoms with Crippen LogP contribution in [0, 0.1) is 23.7 Å². The lowest BCUT2D eigenvalue weighted by molar-refractivity contribution is -0.136. The molecule has 4 nitrogen and oxygen atoms in total. The van der Waals surface area contributed by atoms with Gasteiger partial charge in [0.15, 0.2) is 0 Å². The van der Waals surface area contributed by atoms with Crippen LogP contribution in [-0.4, -0.2) is 24.4 Å². The number of rotatable bonds is 4. The summed E-state index contributed by atoms with van der Waals surface area (Å²) in [4.78, 5) is 13.5. The topological polar surface area (TPSA) is 57.2 Å². The Labute approximate surface area is 102 Å². The first-order valence-corrected chi connectivity index (χ1v) is 5.59. The first-order chi connectivity index (χ1) is 7.86. The Morgan fingerprint density at radius 2 is 2.18 bits per heavy atom. The van der Waals surface area contributed by atoms with Crippen LogP contribution in [0.2, 0.25) is 0 Å². The lowest BCUT2D eigenvalue weighted by Crippen LogP contribution is -2.38. The molecule has 0 saturated carbocycles. The molecule has 0 radical (unpaired) electrons. The van der Waals surface area contributed by atoms with Crippen molar-refractivity contribution in [1.82, 2.24) is 4.90 Å². The van der Waals surface area contributed by atoms with Crippen molar-refractivity contribution in [3.63, 3.8) is 0 Å². The van der Waals surface area contributed by atoms with Crippen molar-refractivity contribution in [2.45, 2.75) is 27.2 Å². The second-order valence-corrected chi connectivity index (χ2v) is 4.73. The molecule has 0 N–H and O–H groups in total. The predicted octanol–water partition coefficient (Wildman–Crippen LogP) is 2.14. The van der Waals surface area contributed by atoms with Crippen LogP contribution in [0.3, 0.4) is 0 Å². The van der Waals surface area contributed by atoms with Crippen LogP contribution in [0.25, 0.3) is 0 Å². The van der Waals surface area contributed by atoms with Gasteiger partial charge in [0.2, 0.25) is 5.91 Å². The van der Waals surface area contributed by atoms with Crippen molar-refractivity contribution >= 4 is 5.91 Å². The van der Waals surface area contributed by atoms with Gasteiger partial charge in [0, 0.05) is 20.0 Å². The van der Waals surface area contributed by atoms with Crippen molar-refractivity contribution in [3.8, 4) is 6.07 Å². The molecule has 0 aliphatic heterocycles. The van der Waals surface area contributed by atoms with E-state index in [0.717, 1.165) is 11.5 Å². The fourth-order valence-corrected chi connectivity index (χ4v) is 1.52. The number of hydrogen-bond donors (Lipinski definition) is 0. The van der Waals surface area contributed by atoms with Crippen LogP contribution >= 0.6 is 0 Å². The number of likely N-dealkylation sites (N-methyl/N-ethyl adjacent to an activating group) is 1. The third-order valence-corrected chi connectivity index (χ3v) is 2.65. The highest BCUT2D eigenvalue weighted by molar-refractivity contribution is 5.84. The van der Waals surface area contributed by atoms with E-state index in [1.54, 1.807) is 25.8 Å². The fraction of sp³-hybridized carbons (Fsp3) is 0.538. The molecule has 0 fully saturated rings. The Bertz CT molecular complexity index is 441. The van der Waals surface area contributed by atoms with E-state index in [-0.39, 0.29) is 5.91 Å². The average Bonchev–Trinajstić information content (AvgIpc) is 2.71. The molecule has 92 valence electrons. The molecule has 1 rings (SSSR count). The predicted molar refractivity (Wildman–Crippen MR) is 64.2 cm³/mol. The van der Waals surface area contributed by atoms with Crippen molar-refractivity contribution in [3.05, 3.63) is 23.7 Å². The second kappa shape index (κ2) is 5.05. The van der Waals surface area contributed by atoms with Gasteiger partial charge in [-0.1, -0.05) is 0 Å². The smallest absolute Gasteiger partial charge is 0.242 e. The number of nitriles is 1. The van der Waals surface area contributed by atoms with Crippen molar-refractivity contribution in [1.29, 1.82) is 5.26 Å². The maximum absolute atomic E-state index is 11.9. The van der Waals surface area contributed by atoms with Crippen molar-refractivity contribution < 1.29 is 9.21 Å². The Hall–Kier alpha value is -1.76. The summed E-state index contributed by atoms with van der Waals surface area (Å²) in [7, 11) is 1.71. The summed E-state index contributed by atoms with van der Waals surface area (Å²) in [6.07, 6.45) is 0.664. The molecular formula is C13H18N2O2. The molecule has 0 bridgehead atoms. The van der Waals surface area contributed by atoms with Gasteiger partial charge in [-0.15, -0.1) is 0 Å². The van der Waals surface area contributed by atoms with Crippen LogP contribution in [0.1, 0.15) is 25.4 Å². The van der Waals surface area contributed by atoms with E-state index in [2.05, 4.69) is 0 Å². The van der Waals surface area contributed by atoms with E-state index in [0.29, 0.717) is 13.0 Å². The van der Waals surface area contributed by atoms with Crippen LogP contribution < -0.4 is 0 Å². The van der Waals surface area contributed by atoms with Gasteiger partial charge in [-0.25, -0.2) is 0 Å². The summed E-state index contributed by atoms with van der Waals surface area (Å²) in [6, 6.07) is 5.81. The van der Waals surface area contributed by atoms with E-state index in [9.17, 15) is 4.79 Å². The summed E-state index contributed by atoms with van der Waals surface area (Å²) in [6.45, 7) is 5.69. The monoisotopic (exact) mass is 234 g/mol. The maximum atomic E-state index is 11.9. The van der Waals surface area contributed by atoms with Crippen molar-refractivity contribution in [2.75, 3.05) is 13.6 Å². The van der Waals surface area contributed by atoms with Crippen molar-refractivity contribution in [2.24, 2.45) is 5.41 Å². The third-order valence-electron chi connectivity index (χ3n) is 2.65. The molecule has 0 unspecified atom stereocenters. The van der Waals surface area contributed by atoms with Gasteiger partial charge in [-0.2, -0.15) is 5.26 Å². The highest BCUT2D eigenvalue weighted by Gasteiger charge is 2.30. The van der Waals surface area contributed by atoms with Gasteiger partial charge < -0.3 is 9.32 Å². The number of furan rings is 1. The highest BCUT2D eigenvalue weighted by atomic mass is 16.3. The molecule has 0 atom stereocenters. The number of aryl methyl sites for hydroxylation is 1. The SMILES string of the molecule is Cc1ccc(CCN(C)C(=O)C(C)(C)C#N)o1. The number of nitrogens with zero attached hydrogens (tertiary/aromatic N) is 2. The van der Waals surface area contributed by atoms with Gasteiger partial charge >= 0.3 is 0 Å². The second-order valence-electron chi connectivity index (χ2n) is 4.73. The molecule has 1 amide bonds. The lowest BCUT2D eigenvalue weighted by Gasteiger charge is -2.23. The van der Waals surface area contributed by atoms with Crippen LogP contribution in [0.5, 0.6) is 0 Å². The fourth-order valence-electron chi connectivity index (χ4n) is 1.52. The number of carbonyl (C=O) groups is 1. The molecular weight excluding hydrogens is 216 g/mol. The summed E-state index contributed by atoms with van der Waals surface area (Å²) in [5, 5.41) is 8.89. The van der Waals surface area contributed by atoms with Crippen LogP contribution in [0.4, 0.5) is 0 Å². The highest BCUT2D eigenvalue weighted by Crippen LogP contribution is 2.17. The van der Waals surface area contributed by atoms with Gasteiger partial charge in [0.1, 0.15) is 16.9 Å². The molecule has 0 aromatic carbocycles. The third kappa shape index (κ3) is 3.35. The summed E-state index contributed by atoms with van der Waals surface area (Å²) < 4.78 is 5.42. The minimum atomic E-state index is -0.964. The number of carbonyl (C=O) groups excluding carboxylic acids is 1. The zero-order valence-electron chi connectivity index (χ0n) is 10.8. The van der Waals surface area contributed by atoms with Crippen LogP contribution in [0.15, 0.2) is 16.5 Å². The van der Waals surface area contributed by atoms with Gasteiger partial charge in [0.05, 0.1) is 6.07 Å². The molecule has 1 heterocycles. The maximum Gasteiger partial charge on any atom is 0.242 e. The minimum absolute atomic E-state index is 0.164. The van der Waals surface area contributed by atoms with E-state index in [4.69, 9.17) is 9.68 Å². The molecule has 0 saturated heterocycles. The standard InChI is InChI=1S/C13H18N2O2/c1-10-5-6-11(17-10)7-8-15(4)12(16)13(2,3)9-14/h5-6H,7-8H2,1-4H3. The largest absolute Gasteiger partial charge is 0.466 e. The van der Waals surface area contributed by atoms with E-state index < -0.39 is 5.41 Å². The summed E-state index contributed by atoms with van der Waals surface area (Å²) >= 11 is 0. The zero-order valence-corrected chi connectivity index (χ0v) is 10.8. The Kier molecular flexibility index (Phi) is 3.95. The van der Waals surface area contributed by atoms with E-state index in [1.807, 2.05) is 25.1 Å². The summed E-state index contributed by atoms with van der Waals surface area (Å²) in [5.41, 5.74) is -0.964. The quantitative estimate of drug-likeness (QED) is 0.802. The van der Waals surface area contributed by atoms with Gasteiger partial charge in [-0.05, 0) is 32.9 Å². The molecule has 1 aromatic heterocycles. The Balaban J connectivity index is 2.53. The Morgan fingerprint density at radius 3 is 2.65 bits per heavy atom. The van der Waals surface area contributed by atoms with Crippen LogP contribution in [-0.2, 0) is 11.2 Å². The molecule has 0 aliphatic carbocycles. The number of hydrogen-bond acceptors (Lipinski definition) is 3. The van der Waals surface area contributed by atoms with Gasteiger partial charge in [0.25, 0.3) is 0 Å². The molecule has 1 aromatic rings. The first kappa shape index (κ1) is 13.3. The molecule has 17 heavy (non-hydrogen) atoms. The zero-order chi connectivity index (χ0) is 13.1. The minimum Gasteiger partial charge on any atom is -0.466 e. The van der Waals surface area contributed by atoms with E-state index in [1.165, 1.54) is 0 Å². The summed E-state index contributed by atoms with van der Waals surface area (Å²) in [5.74, 6) is 1.56.